The Hall–Kier alpha value is -3.02. The molecule has 2 aliphatic rings. The normalized spacial score (nSPS) is 20.5. The number of hydrogen-bond donors (Lipinski definition) is 0. The molecule has 0 spiro atoms. The Kier molecular flexibility index (Phi) is 4.42. The Morgan fingerprint density at radius 1 is 1.10 bits per heavy atom. The van der Waals surface area contributed by atoms with Crippen LogP contribution in [0, 0.1) is 5.92 Å². The fourth-order valence-electron chi connectivity index (χ4n) is 5.04. The highest BCUT2D eigenvalue weighted by atomic mass is 16.5. The number of aromatic nitrogens is 2. The van der Waals surface area contributed by atoms with E-state index in [-0.39, 0.29) is 17.4 Å². The number of piperidine rings is 1. The summed E-state index contributed by atoms with van der Waals surface area (Å²) in [5, 5.41) is 1.07. The Morgan fingerprint density at radius 3 is 2.83 bits per heavy atom. The van der Waals surface area contributed by atoms with Gasteiger partial charge >= 0.3 is 0 Å². The number of rotatable bonds is 4. The third kappa shape index (κ3) is 3.12. The van der Waals surface area contributed by atoms with Crippen molar-refractivity contribution in [3.05, 3.63) is 64.7 Å². The number of hydrogen-bond acceptors (Lipinski definition) is 3. The summed E-state index contributed by atoms with van der Waals surface area (Å²) in [5.74, 6) is 1.67. The number of pyridine rings is 1. The van der Waals surface area contributed by atoms with Crippen molar-refractivity contribution in [2.45, 2.75) is 31.8 Å². The van der Waals surface area contributed by atoms with Gasteiger partial charge in [-0.2, -0.15) is 0 Å². The second-order valence-corrected chi connectivity index (χ2v) is 8.15. The number of likely N-dealkylation sites (tertiary alicyclic amines) is 1. The Morgan fingerprint density at radius 2 is 1.97 bits per heavy atom. The predicted octanol–water partition coefficient (Wildman–Crippen LogP) is 2.85. The van der Waals surface area contributed by atoms with Gasteiger partial charge in [-0.15, -0.1) is 0 Å². The lowest BCUT2D eigenvalue weighted by Crippen LogP contribution is -2.49. The van der Waals surface area contributed by atoms with Crippen LogP contribution in [0.4, 0.5) is 0 Å². The summed E-state index contributed by atoms with van der Waals surface area (Å²) in [5.41, 5.74) is 2.24. The van der Waals surface area contributed by atoms with E-state index in [4.69, 9.17) is 4.74 Å². The summed E-state index contributed by atoms with van der Waals surface area (Å²) < 4.78 is 9.45. The number of carbonyl (C=O) groups excluding carboxylic acids is 1. The van der Waals surface area contributed by atoms with Gasteiger partial charge in [-0.05, 0) is 36.6 Å². The fraction of sp³-hybridized carbons (Fsp3) is 0.391. The van der Waals surface area contributed by atoms with Crippen molar-refractivity contribution in [3.63, 3.8) is 0 Å². The van der Waals surface area contributed by atoms with Gasteiger partial charge < -0.3 is 18.8 Å². The molecule has 4 heterocycles. The maximum absolute atomic E-state index is 13.0. The first-order chi connectivity index (χ1) is 14.1. The van der Waals surface area contributed by atoms with Crippen LogP contribution in [0.3, 0.4) is 0 Å². The maximum atomic E-state index is 13.0. The molecule has 5 rings (SSSR count). The molecule has 2 aromatic heterocycles. The first-order valence-electron chi connectivity index (χ1n) is 10.2. The van der Waals surface area contributed by atoms with Crippen LogP contribution < -0.4 is 10.3 Å². The van der Waals surface area contributed by atoms with Gasteiger partial charge in [0.1, 0.15) is 5.75 Å². The van der Waals surface area contributed by atoms with Crippen LogP contribution in [-0.2, 0) is 17.9 Å². The minimum atomic E-state index is 0.0758. The van der Waals surface area contributed by atoms with E-state index in [1.54, 1.807) is 13.2 Å². The third-order valence-electron chi connectivity index (χ3n) is 6.39. The molecule has 0 aliphatic carbocycles. The van der Waals surface area contributed by atoms with Crippen molar-refractivity contribution in [1.29, 1.82) is 0 Å². The van der Waals surface area contributed by atoms with Crippen LogP contribution in [0.1, 0.15) is 24.5 Å². The summed E-state index contributed by atoms with van der Waals surface area (Å²) >= 11 is 0. The smallest absolute Gasteiger partial charge is 0.250 e. The van der Waals surface area contributed by atoms with E-state index < -0.39 is 0 Å². The summed E-state index contributed by atoms with van der Waals surface area (Å²) in [4.78, 5) is 27.2. The van der Waals surface area contributed by atoms with Gasteiger partial charge in [-0.3, -0.25) is 9.59 Å². The number of aryl methyl sites for hydroxylation is 1. The van der Waals surface area contributed by atoms with Crippen molar-refractivity contribution in [2.24, 2.45) is 5.92 Å². The number of methoxy groups -OCH3 is 1. The first kappa shape index (κ1) is 18.0. The molecule has 6 nitrogen and oxygen atoms in total. The SMILES string of the molecule is COc1cccc2c1ccn2CCC(=O)N1C[C@H]2C[C@@H](C1)c1cccc(=O)n1C2. The molecule has 6 heteroatoms. The van der Waals surface area contributed by atoms with Crippen LogP contribution in [0.5, 0.6) is 5.75 Å². The average Bonchev–Trinajstić information content (AvgIpc) is 3.16. The first-order valence-corrected chi connectivity index (χ1v) is 10.2. The lowest BCUT2D eigenvalue weighted by molar-refractivity contribution is -0.134. The van der Waals surface area contributed by atoms with Crippen molar-refractivity contribution in [2.75, 3.05) is 20.2 Å². The van der Waals surface area contributed by atoms with Crippen molar-refractivity contribution >= 4 is 16.8 Å². The lowest BCUT2D eigenvalue weighted by Gasteiger charge is -2.42. The number of carbonyl (C=O) groups is 1. The van der Waals surface area contributed by atoms with Crippen LogP contribution in [0.2, 0.25) is 0 Å². The summed E-state index contributed by atoms with van der Waals surface area (Å²) in [6, 6.07) is 13.5. The number of nitrogens with zero attached hydrogens (tertiary/aromatic N) is 3. The third-order valence-corrected chi connectivity index (χ3v) is 6.39. The summed E-state index contributed by atoms with van der Waals surface area (Å²) in [6.07, 6.45) is 3.56. The minimum absolute atomic E-state index is 0.0758. The van der Waals surface area contributed by atoms with Crippen LogP contribution in [0.25, 0.3) is 10.9 Å². The van der Waals surface area contributed by atoms with Gasteiger partial charge in [0.2, 0.25) is 5.91 Å². The highest BCUT2D eigenvalue weighted by molar-refractivity contribution is 5.86. The molecular weight excluding hydrogens is 366 g/mol. The molecule has 0 radical (unpaired) electrons. The zero-order valence-corrected chi connectivity index (χ0v) is 16.6. The van der Waals surface area contributed by atoms with Gasteiger partial charge in [-0.25, -0.2) is 0 Å². The highest BCUT2D eigenvalue weighted by Crippen LogP contribution is 2.35. The van der Waals surface area contributed by atoms with Gasteiger partial charge in [-0.1, -0.05) is 12.1 Å². The van der Waals surface area contributed by atoms with E-state index in [9.17, 15) is 9.59 Å². The second kappa shape index (κ2) is 7.10. The molecule has 3 aromatic rings. The minimum Gasteiger partial charge on any atom is -0.496 e. The molecule has 0 N–H and O–H groups in total. The Labute approximate surface area is 169 Å². The molecule has 2 aliphatic heterocycles. The fourth-order valence-corrected chi connectivity index (χ4v) is 5.04. The average molecular weight is 391 g/mol. The summed E-state index contributed by atoms with van der Waals surface area (Å²) in [7, 11) is 1.68. The summed E-state index contributed by atoms with van der Waals surface area (Å²) in [6.45, 7) is 2.82. The molecule has 2 atom stereocenters. The molecule has 2 bridgehead atoms. The molecule has 1 fully saturated rings. The zero-order valence-electron chi connectivity index (χ0n) is 16.6. The van der Waals surface area contributed by atoms with E-state index in [1.165, 1.54) is 0 Å². The molecule has 1 aromatic carbocycles. The Bertz CT molecular complexity index is 1130. The number of fused-ring (bicyclic) bond motifs is 5. The van der Waals surface area contributed by atoms with E-state index in [0.717, 1.165) is 41.9 Å². The zero-order chi connectivity index (χ0) is 20.0. The monoisotopic (exact) mass is 391 g/mol. The van der Waals surface area contributed by atoms with E-state index in [0.29, 0.717) is 25.4 Å². The largest absolute Gasteiger partial charge is 0.496 e. The van der Waals surface area contributed by atoms with Crippen LogP contribution >= 0.6 is 0 Å². The number of benzene rings is 1. The van der Waals surface area contributed by atoms with Gasteiger partial charge in [0.05, 0.1) is 12.6 Å². The topological polar surface area (TPSA) is 56.5 Å². The van der Waals surface area contributed by atoms with Crippen molar-refractivity contribution in [3.8, 4) is 5.75 Å². The predicted molar refractivity (Wildman–Crippen MR) is 111 cm³/mol. The standard InChI is InChI=1S/C23H25N3O3/c1-29-21-6-2-5-20-18(21)8-10-24(20)11-9-22(27)25-13-16-12-17(15-25)19-4-3-7-23(28)26(19)14-16/h2-8,10,16-17H,9,11-15H2,1H3/t16-,17+/m1/s1. The molecule has 1 amide bonds. The Balaban J connectivity index is 1.30. The molecule has 1 saturated heterocycles. The van der Waals surface area contributed by atoms with E-state index >= 15 is 0 Å². The quantitative estimate of drug-likeness (QED) is 0.687. The van der Waals surface area contributed by atoms with Gasteiger partial charge in [0.15, 0.2) is 0 Å². The molecule has 0 saturated carbocycles. The molecular formula is C23H25N3O3. The molecule has 29 heavy (non-hydrogen) atoms. The molecule has 0 unspecified atom stereocenters. The lowest BCUT2D eigenvalue weighted by atomic mass is 9.83. The molecule has 150 valence electrons. The van der Waals surface area contributed by atoms with Crippen LogP contribution in [-0.4, -0.2) is 40.1 Å². The van der Waals surface area contributed by atoms with Crippen LogP contribution in [0.15, 0.2) is 53.5 Å². The number of amides is 1. The van der Waals surface area contributed by atoms with Crippen molar-refractivity contribution < 1.29 is 9.53 Å². The second-order valence-electron chi connectivity index (χ2n) is 8.15. The number of ether oxygens (including phenoxy) is 1. The maximum Gasteiger partial charge on any atom is 0.250 e. The highest BCUT2D eigenvalue weighted by Gasteiger charge is 2.35. The van der Waals surface area contributed by atoms with Crippen molar-refractivity contribution in [1.82, 2.24) is 14.0 Å². The van der Waals surface area contributed by atoms with Gasteiger partial charge in [0, 0.05) is 61.9 Å². The van der Waals surface area contributed by atoms with E-state index in [1.807, 2.05) is 46.0 Å². The van der Waals surface area contributed by atoms with E-state index in [2.05, 4.69) is 10.6 Å². The van der Waals surface area contributed by atoms with Gasteiger partial charge in [0.25, 0.3) is 5.56 Å².